The van der Waals surface area contributed by atoms with E-state index in [1.165, 1.54) is 18.2 Å². The molecule has 2 aromatic carbocycles. The molecule has 0 fully saturated rings. The summed E-state index contributed by atoms with van der Waals surface area (Å²) >= 11 is 0. The maximum atomic E-state index is 14.1. The SMILES string of the molecule is C=Cc1cc(Cc2ccc(F)cc2F)c(C(=N)/C=C(/N)C(=C)NCC)cc1N.C=NC. The van der Waals surface area contributed by atoms with E-state index in [9.17, 15) is 8.78 Å². The second kappa shape index (κ2) is 12.1. The largest absolute Gasteiger partial charge is 0.398 e. The van der Waals surface area contributed by atoms with Crippen molar-refractivity contribution in [1.82, 2.24) is 5.32 Å². The standard InChI is InChI=1S/C22H24F2N4.C2H5N/c1-4-14-8-16(9-15-6-7-17(23)10-19(15)24)18(11-21(14)26)22(27)12-20(25)13(3)28-5-2;1-3-2/h4,6-8,10-12,27-28H,1,3,5,9,25-26H2,2H3;1H2,2H3/b20-12+,27-22?;. The normalized spacial score (nSPS) is 10.5. The van der Waals surface area contributed by atoms with Crippen LogP contribution in [-0.2, 0) is 6.42 Å². The summed E-state index contributed by atoms with van der Waals surface area (Å²) in [6, 6.07) is 6.81. The number of hydrogen-bond acceptors (Lipinski definition) is 5. The summed E-state index contributed by atoms with van der Waals surface area (Å²) in [4.78, 5) is 3.25. The lowest BCUT2D eigenvalue weighted by Gasteiger charge is -2.14. The number of hydrogen-bond donors (Lipinski definition) is 4. The van der Waals surface area contributed by atoms with Gasteiger partial charge in [-0.3, -0.25) is 0 Å². The van der Waals surface area contributed by atoms with Crippen LogP contribution in [0.15, 0.2) is 66.0 Å². The fraction of sp³-hybridized carbons (Fsp3) is 0.167. The van der Waals surface area contributed by atoms with Crippen molar-refractivity contribution < 1.29 is 8.78 Å². The van der Waals surface area contributed by atoms with E-state index >= 15 is 0 Å². The van der Waals surface area contributed by atoms with E-state index in [4.69, 9.17) is 16.9 Å². The third kappa shape index (κ3) is 7.22. The highest BCUT2D eigenvalue weighted by molar-refractivity contribution is 6.09. The molecule has 6 N–H and O–H groups in total. The van der Waals surface area contributed by atoms with Crippen LogP contribution in [0.25, 0.3) is 6.08 Å². The van der Waals surface area contributed by atoms with Crippen LogP contribution in [0.4, 0.5) is 14.5 Å². The van der Waals surface area contributed by atoms with Crippen LogP contribution in [0.5, 0.6) is 0 Å². The molecule has 2 rings (SSSR count). The zero-order valence-electron chi connectivity index (χ0n) is 17.9. The molecule has 0 saturated carbocycles. The first kappa shape index (κ1) is 25.3. The number of benzene rings is 2. The quantitative estimate of drug-likeness (QED) is 0.286. The Morgan fingerprint density at radius 2 is 1.87 bits per heavy atom. The fourth-order valence-electron chi connectivity index (χ4n) is 2.76. The molecule has 31 heavy (non-hydrogen) atoms. The fourth-order valence-corrected chi connectivity index (χ4v) is 2.76. The molecule has 2 aromatic rings. The molecular weight excluding hydrogens is 396 g/mol. The van der Waals surface area contributed by atoms with E-state index in [0.717, 1.165) is 6.07 Å². The molecule has 0 unspecified atom stereocenters. The van der Waals surface area contributed by atoms with Gasteiger partial charge in [0.1, 0.15) is 11.6 Å². The zero-order valence-corrected chi connectivity index (χ0v) is 17.9. The van der Waals surface area contributed by atoms with Crippen molar-refractivity contribution in [2.24, 2.45) is 10.7 Å². The van der Waals surface area contributed by atoms with Crippen molar-refractivity contribution in [2.75, 3.05) is 19.3 Å². The summed E-state index contributed by atoms with van der Waals surface area (Å²) in [5.41, 5.74) is 15.5. The van der Waals surface area contributed by atoms with Crippen LogP contribution in [0.3, 0.4) is 0 Å². The maximum absolute atomic E-state index is 14.1. The smallest absolute Gasteiger partial charge is 0.129 e. The van der Waals surface area contributed by atoms with Crippen LogP contribution < -0.4 is 16.8 Å². The Labute approximate surface area is 182 Å². The number of nitrogens with zero attached hydrogens (tertiary/aromatic N) is 1. The van der Waals surface area contributed by atoms with Gasteiger partial charge in [-0.2, -0.15) is 0 Å². The molecule has 0 radical (unpaired) electrons. The summed E-state index contributed by atoms with van der Waals surface area (Å²) in [6.07, 6.45) is 3.22. The third-order valence-corrected chi connectivity index (χ3v) is 4.25. The molecule has 0 atom stereocenters. The van der Waals surface area contributed by atoms with Crippen LogP contribution in [0.2, 0.25) is 0 Å². The summed E-state index contributed by atoms with van der Waals surface area (Å²) in [5, 5.41) is 11.4. The lowest BCUT2D eigenvalue weighted by atomic mass is 9.93. The van der Waals surface area contributed by atoms with Gasteiger partial charge in [-0.25, -0.2) is 8.78 Å². The Bertz CT molecular complexity index is 1010. The predicted molar refractivity (Wildman–Crippen MR) is 127 cm³/mol. The number of rotatable bonds is 8. The van der Waals surface area contributed by atoms with Gasteiger partial charge in [0.25, 0.3) is 0 Å². The number of anilines is 1. The molecule has 0 spiro atoms. The molecule has 0 aliphatic carbocycles. The van der Waals surface area contributed by atoms with E-state index in [-0.39, 0.29) is 12.1 Å². The number of halogens is 2. The topological polar surface area (TPSA) is 100 Å². The monoisotopic (exact) mass is 425 g/mol. The Hall–Kier alpha value is -3.74. The van der Waals surface area contributed by atoms with Crippen molar-refractivity contribution in [3.63, 3.8) is 0 Å². The van der Waals surface area contributed by atoms with Gasteiger partial charge in [0.2, 0.25) is 0 Å². The minimum absolute atomic E-state index is 0.108. The number of aliphatic imine (C=N–C) groups is 1. The van der Waals surface area contributed by atoms with Crippen molar-refractivity contribution in [3.05, 3.63) is 94.8 Å². The molecule has 0 saturated heterocycles. The van der Waals surface area contributed by atoms with E-state index < -0.39 is 11.6 Å². The third-order valence-electron chi connectivity index (χ3n) is 4.25. The first-order valence-corrected chi connectivity index (χ1v) is 9.51. The van der Waals surface area contributed by atoms with Crippen LogP contribution in [0.1, 0.15) is 29.2 Å². The second-order valence-electron chi connectivity index (χ2n) is 6.59. The van der Waals surface area contributed by atoms with Gasteiger partial charge in [0, 0.05) is 37.3 Å². The van der Waals surface area contributed by atoms with E-state index in [2.05, 4.69) is 30.2 Å². The molecule has 0 bridgehead atoms. The van der Waals surface area contributed by atoms with Crippen LogP contribution in [0, 0.1) is 17.0 Å². The Balaban J connectivity index is 0.00000151. The Kier molecular flexibility index (Phi) is 9.85. The Morgan fingerprint density at radius 3 is 2.42 bits per heavy atom. The van der Waals surface area contributed by atoms with Crippen molar-refractivity contribution >= 4 is 24.2 Å². The maximum Gasteiger partial charge on any atom is 0.129 e. The predicted octanol–water partition coefficient (Wildman–Crippen LogP) is 4.43. The average molecular weight is 426 g/mol. The number of nitrogens with one attached hydrogen (secondary N) is 2. The van der Waals surface area contributed by atoms with Crippen LogP contribution >= 0.6 is 0 Å². The van der Waals surface area contributed by atoms with Gasteiger partial charge in [-0.05, 0) is 54.6 Å². The van der Waals surface area contributed by atoms with Gasteiger partial charge >= 0.3 is 0 Å². The van der Waals surface area contributed by atoms with Gasteiger partial charge in [-0.15, -0.1) is 0 Å². The molecule has 164 valence electrons. The molecule has 7 heteroatoms. The van der Waals surface area contributed by atoms with Gasteiger partial charge in [-0.1, -0.05) is 25.3 Å². The van der Waals surface area contributed by atoms with E-state index in [1.54, 1.807) is 25.3 Å². The summed E-state index contributed by atoms with van der Waals surface area (Å²) in [6.45, 7) is 13.2. The summed E-state index contributed by atoms with van der Waals surface area (Å²) in [7, 11) is 1.64. The molecule has 0 aliphatic heterocycles. The lowest BCUT2D eigenvalue weighted by Crippen LogP contribution is -2.18. The average Bonchev–Trinajstić information content (AvgIpc) is 2.71. The number of allylic oxidation sites excluding steroid dienone is 1. The number of likely N-dealkylation sites (N-methyl/N-ethyl adjacent to an activating group) is 1. The molecular formula is C24H29F2N5. The van der Waals surface area contributed by atoms with Gasteiger partial charge in [0.15, 0.2) is 0 Å². The summed E-state index contributed by atoms with van der Waals surface area (Å²) < 4.78 is 27.3. The van der Waals surface area contributed by atoms with Crippen molar-refractivity contribution in [3.8, 4) is 0 Å². The van der Waals surface area contributed by atoms with Crippen molar-refractivity contribution in [1.29, 1.82) is 5.41 Å². The molecule has 0 heterocycles. The lowest BCUT2D eigenvalue weighted by molar-refractivity contribution is 0.574. The molecule has 0 amide bonds. The van der Waals surface area contributed by atoms with E-state index in [0.29, 0.717) is 45.9 Å². The number of nitrogens with two attached hydrogens (primary N) is 2. The minimum atomic E-state index is -0.648. The molecule has 5 nitrogen and oxygen atoms in total. The van der Waals surface area contributed by atoms with Crippen LogP contribution in [-0.4, -0.2) is 26.0 Å². The zero-order chi connectivity index (χ0) is 23.6. The highest BCUT2D eigenvalue weighted by atomic mass is 19.1. The Morgan fingerprint density at radius 1 is 1.23 bits per heavy atom. The summed E-state index contributed by atoms with van der Waals surface area (Å²) in [5.74, 6) is -1.29. The highest BCUT2D eigenvalue weighted by Crippen LogP contribution is 2.25. The van der Waals surface area contributed by atoms with Crippen molar-refractivity contribution in [2.45, 2.75) is 13.3 Å². The van der Waals surface area contributed by atoms with Gasteiger partial charge in [0.05, 0.1) is 17.1 Å². The molecule has 0 aromatic heterocycles. The van der Waals surface area contributed by atoms with E-state index in [1.807, 2.05) is 6.92 Å². The van der Waals surface area contributed by atoms with Gasteiger partial charge < -0.3 is 27.2 Å². The molecule has 0 aliphatic rings. The number of nitrogen functional groups attached to an aromatic ring is 1. The first-order valence-electron chi connectivity index (χ1n) is 9.51. The highest BCUT2D eigenvalue weighted by Gasteiger charge is 2.14. The second-order valence-corrected chi connectivity index (χ2v) is 6.59. The minimum Gasteiger partial charge on any atom is -0.398 e. The first-order chi connectivity index (χ1) is 14.7.